The largest absolute Gasteiger partial charge is 0.872 e. The van der Waals surface area contributed by atoms with Crippen LogP contribution >= 0.6 is 0 Å². The summed E-state index contributed by atoms with van der Waals surface area (Å²) in [6, 6.07) is 8.94. The zero-order valence-corrected chi connectivity index (χ0v) is 17.9. The van der Waals surface area contributed by atoms with Crippen LogP contribution in [0.1, 0.15) is 27.0 Å². The molecule has 7 heteroatoms. The molecular formula is C24H28N2O5. The second-order valence-corrected chi connectivity index (χ2v) is 8.08. The lowest BCUT2D eigenvalue weighted by molar-refractivity contribution is -0.918. The van der Waals surface area contributed by atoms with Crippen molar-refractivity contribution in [3.63, 3.8) is 0 Å². The van der Waals surface area contributed by atoms with Gasteiger partial charge in [0.2, 0.25) is 5.78 Å². The van der Waals surface area contributed by atoms with Gasteiger partial charge >= 0.3 is 0 Å². The Morgan fingerprint density at radius 1 is 1.29 bits per heavy atom. The molecule has 164 valence electrons. The highest BCUT2D eigenvalue weighted by atomic mass is 16.5. The maximum Gasteiger partial charge on any atom is 0.232 e. The number of benzene rings is 2. The molecule has 0 bridgehead atoms. The first kappa shape index (κ1) is 21.4. The van der Waals surface area contributed by atoms with Crippen molar-refractivity contribution in [2.45, 2.75) is 13.5 Å². The number of aliphatic hydroxyl groups excluding tert-OH is 1. The van der Waals surface area contributed by atoms with Gasteiger partial charge in [-0.1, -0.05) is 23.9 Å². The van der Waals surface area contributed by atoms with Gasteiger partial charge in [0.15, 0.2) is 5.76 Å². The van der Waals surface area contributed by atoms with Gasteiger partial charge in [-0.3, -0.25) is 9.69 Å². The first-order valence-corrected chi connectivity index (χ1v) is 10.6. The van der Waals surface area contributed by atoms with Crippen molar-refractivity contribution in [2.24, 2.45) is 0 Å². The van der Waals surface area contributed by atoms with Crippen molar-refractivity contribution in [3.05, 3.63) is 58.3 Å². The van der Waals surface area contributed by atoms with Crippen LogP contribution in [0.3, 0.4) is 0 Å². The third-order valence-corrected chi connectivity index (χ3v) is 6.00. The Kier molecular flexibility index (Phi) is 6.27. The molecule has 0 aromatic heterocycles. The lowest BCUT2D eigenvalue weighted by Gasteiger charge is -2.32. The molecule has 4 rings (SSSR count). The van der Waals surface area contributed by atoms with Crippen molar-refractivity contribution in [1.82, 2.24) is 4.90 Å². The molecule has 0 unspecified atom stereocenters. The molecule has 2 aliphatic rings. The van der Waals surface area contributed by atoms with Crippen LogP contribution in [-0.4, -0.2) is 62.2 Å². The second kappa shape index (κ2) is 9.09. The number of aryl methyl sites for hydroxylation is 1. The number of rotatable bonds is 6. The summed E-state index contributed by atoms with van der Waals surface area (Å²) < 4.78 is 11.3. The first-order chi connectivity index (χ1) is 15.0. The number of hydrogen-bond acceptors (Lipinski definition) is 6. The number of β-amino-alcohol motifs (C(OH)–C–C–N with tert-alkyl or cyclic N) is 1. The van der Waals surface area contributed by atoms with E-state index in [2.05, 4.69) is 4.90 Å². The number of carbonyl (C=O) groups excluding carboxylic acids is 1. The number of allylic oxidation sites excluding steroid dienone is 1. The van der Waals surface area contributed by atoms with E-state index in [4.69, 9.17) is 14.6 Å². The van der Waals surface area contributed by atoms with Gasteiger partial charge in [-0.25, -0.2) is 0 Å². The van der Waals surface area contributed by atoms with Gasteiger partial charge in [0.25, 0.3) is 0 Å². The van der Waals surface area contributed by atoms with Gasteiger partial charge in [0.1, 0.15) is 18.0 Å². The summed E-state index contributed by atoms with van der Waals surface area (Å²) in [5.41, 5.74) is 2.49. The fraction of sp³-hybridized carbons (Fsp3) is 0.375. The molecule has 1 saturated heterocycles. The van der Waals surface area contributed by atoms with E-state index in [1.807, 2.05) is 24.3 Å². The molecule has 7 nitrogen and oxygen atoms in total. The number of piperazine rings is 1. The number of nitrogens with one attached hydrogen (secondary N) is 1. The summed E-state index contributed by atoms with van der Waals surface area (Å²) in [7, 11) is 1.59. The molecule has 2 N–H and O–H groups in total. The van der Waals surface area contributed by atoms with E-state index < -0.39 is 0 Å². The molecule has 0 saturated carbocycles. The second-order valence-electron chi connectivity index (χ2n) is 8.08. The minimum Gasteiger partial charge on any atom is -0.872 e. The van der Waals surface area contributed by atoms with Crippen molar-refractivity contribution < 1.29 is 29.4 Å². The predicted molar refractivity (Wildman–Crippen MR) is 114 cm³/mol. The fourth-order valence-electron chi connectivity index (χ4n) is 4.28. The summed E-state index contributed by atoms with van der Waals surface area (Å²) in [6.45, 7) is 6.64. The molecule has 0 spiro atoms. The van der Waals surface area contributed by atoms with Crippen LogP contribution in [0, 0.1) is 6.92 Å². The van der Waals surface area contributed by atoms with Crippen LogP contribution < -0.4 is 19.5 Å². The summed E-state index contributed by atoms with van der Waals surface area (Å²) in [5.74, 6) is 1.05. The lowest BCUT2D eigenvalue weighted by Crippen LogP contribution is -3.13. The number of carbonyl (C=O) groups is 1. The Morgan fingerprint density at radius 2 is 2.06 bits per heavy atom. The number of ether oxygens (including phenoxy) is 2. The minimum atomic E-state index is -0.195. The van der Waals surface area contributed by atoms with Crippen molar-refractivity contribution in [3.8, 4) is 17.2 Å². The van der Waals surface area contributed by atoms with E-state index in [-0.39, 0.29) is 23.9 Å². The van der Waals surface area contributed by atoms with Crippen LogP contribution in [0.5, 0.6) is 17.2 Å². The first-order valence-electron chi connectivity index (χ1n) is 10.6. The Bertz CT molecular complexity index is 1010. The number of quaternary nitrogens is 1. The molecular weight excluding hydrogens is 396 g/mol. The number of fused-ring (bicyclic) bond motifs is 1. The third kappa shape index (κ3) is 4.44. The highest BCUT2D eigenvalue weighted by Crippen LogP contribution is 2.40. The summed E-state index contributed by atoms with van der Waals surface area (Å²) in [6.07, 6.45) is 1.69. The SMILES string of the molecule is COc1cccc(C=C2Oc3c(C[NH+]4CCN(CCO)CC4)c([O-])cc(C)c3C2=O)c1. The average molecular weight is 424 g/mol. The smallest absolute Gasteiger partial charge is 0.232 e. The van der Waals surface area contributed by atoms with E-state index in [9.17, 15) is 9.90 Å². The van der Waals surface area contributed by atoms with Crippen LogP contribution in [0.15, 0.2) is 36.1 Å². The maximum atomic E-state index is 13.1. The fourth-order valence-corrected chi connectivity index (χ4v) is 4.28. The monoisotopic (exact) mass is 424 g/mol. The van der Waals surface area contributed by atoms with E-state index in [1.165, 1.54) is 4.90 Å². The van der Waals surface area contributed by atoms with E-state index >= 15 is 0 Å². The quantitative estimate of drug-likeness (QED) is 0.653. The van der Waals surface area contributed by atoms with E-state index in [1.54, 1.807) is 26.2 Å². The molecule has 0 aliphatic carbocycles. The lowest BCUT2D eigenvalue weighted by atomic mass is 9.99. The number of methoxy groups -OCH3 is 1. The van der Waals surface area contributed by atoms with Gasteiger partial charge in [0, 0.05) is 25.2 Å². The molecule has 0 atom stereocenters. The van der Waals surface area contributed by atoms with Crippen LogP contribution in [0.2, 0.25) is 0 Å². The molecule has 2 aromatic rings. The highest BCUT2D eigenvalue weighted by molar-refractivity contribution is 6.15. The normalized spacial score (nSPS) is 18.3. The molecule has 0 amide bonds. The average Bonchev–Trinajstić information content (AvgIpc) is 3.09. The minimum absolute atomic E-state index is 0.0861. The Labute approximate surface area is 182 Å². The predicted octanol–water partition coefficient (Wildman–Crippen LogP) is 0.386. The Hall–Kier alpha value is -2.87. The van der Waals surface area contributed by atoms with Crippen LogP contribution in [0.4, 0.5) is 0 Å². The number of ketones is 1. The van der Waals surface area contributed by atoms with Gasteiger partial charge in [-0.15, -0.1) is 0 Å². The number of aliphatic hydroxyl groups is 1. The third-order valence-electron chi connectivity index (χ3n) is 6.00. The number of nitrogens with zero attached hydrogens (tertiary/aromatic N) is 1. The molecule has 1 fully saturated rings. The van der Waals surface area contributed by atoms with Gasteiger partial charge in [0.05, 0.1) is 32.4 Å². The summed E-state index contributed by atoms with van der Waals surface area (Å²) in [5, 5.41) is 21.9. The van der Waals surface area contributed by atoms with Crippen molar-refractivity contribution in [1.29, 1.82) is 0 Å². The highest BCUT2D eigenvalue weighted by Gasteiger charge is 2.33. The Balaban J connectivity index is 1.59. The van der Waals surface area contributed by atoms with Crippen LogP contribution in [0.25, 0.3) is 6.08 Å². The molecule has 2 heterocycles. The standard InChI is InChI=1S/C24H28N2O5/c1-16-12-20(28)19(15-26-8-6-25(7-9-26)10-11-27)24-22(16)23(29)21(31-24)14-17-4-3-5-18(13-17)30-2/h3-5,12-14,27-28H,6-11,15H2,1-2H3. The zero-order valence-electron chi connectivity index (χ0n) is 17.9. The van der Waals surface area contributed by atoms with Gasteiger partial charge in [-0.2, -0.15) is 0 Å². The van der Waals surface area contributed by atoms with Crippen molar-refractivity contribution >= 4 is 11.9 Å². The molecule has 2 aromatic carbocycles. The van der Waals surface area contributed by atoms with E-state index in [0.717, 1.165) is 31.7 Å². The summed E-state index contributed by atoms with van der Waals surface area (Å²) >= 11 is 0. The van der Waals surface area contributed by atoms with E-state index in [0.29, 0.717) is 41.3 Å². The van der Waals surface area contributed by atoms with Crippen molar-refractivity contribution in [2.75, 3.05) is 46.4 Å². The number of hydrogen-bond donors (Lipinski definition) is 2. The van der Waals surface area contributed by atoms with Crippen LogP contribution in [-0.2, 0) is 6.54 Å². The summed E-state index contributed by atoms with van der Waals surface area (Å²) in [4.78, 5) is 16.6. The zero-order chi connectivity index (χ0) is 22.0. The van der Waals surface area contributed by atoms with Gasteiger partial charge < -0.3 is 24.6 Å². The molecule has 0 radical (unpaired) electrons. The molecule has 31 heavy (non-hydrogen) atoms. The molecule has 2 aliphatic heterocycles. The number of Topliss-reactive ketones (excluding diaryl/α,β-unsaturated/α-hetero) is 1. The van der Waals surface area contributed by atoms with Gasteiger partial charge in [-0.05, 0) is 36.3 Å². The Morgan fingerprint density at radius 3 is 2.77 bits per heavy atom. The maximum absolute atomic E-state index is 13.1. The topological polar surface area (TPSA) is 86.5 Å².